The number of thioether (sulfide) groups is 1. The predicted molar refractivity (Wildman–Crippen MR) is 168 cm³/mol. The summed E-state index contributed by atoms with van der Waals surface area (Å²) in [7, 11) is 0. The maximum Gasteiger partial charge on any atom is 0.573 e. The maximum absolute atomic E-state index is 13.9. The number of aromatic nitrogens is 3. The highest BCUT2D eigenvalue weighted by Crippen LogP contribution is 2.34. The van der Waals surface area contributed by atoms with Gasteiger partial charge in [0.25, 0.3) is 0 Å². The molecule has 5 rings (SSSR count). The van der Waals surface area contributed by atoms with Crippen molar-refractivity contribution in [1.82, 2.24) is 20.1 Å². The van der Waals surface area contributed by atoms with Gasteiger partial charge in [-0.05, 0) is 85.3 Å². The number of hydrogen-bond acceptors (Lipinski definition) is 8. The topological polar surface area (TPSA) is 105 Å². The molecular weight excluding hydrogens is 624 g/mol. The van der Waals surface area contributed by atoms with E-state index in [4.69, 9.17) is 0 Å². The first-order valence-electron chi connectivity index (χ1n) is 14.6. The zero-order chi connectivity index (χ0) is 32.8. The van der Waals surface area contributed by atoms with Crippen molar-refractivity contribution in [3.8, 4) is 22.8 Å². The highest BCUT2D eigenvalue weighted by atomic mass is 32.2. The van der Waals surface area contributed by atoms with Gasteiger partial charge in [0.05, 0.1) is 17.1 Å². The molecule has 0 bridgehead atoms. The summed E-state index contributed by atoms with van der Waals surface area (Å²) in [5, 5.41) is 18.3. The Bertz CT molecular complexity index is 1680. The Balaban J connectivity index is 1.09. The molecule has 3 aromatic carbocycles. The van der Waals surface area contributed by atoms with Crippen molar-refractivity contribution in [1.29, 1.82) is 0 Å². The molecule has 1 aliphatic rings. The summed E-state index contributed by atoms with van der Waals surface area (Å²) < 4.78 is 56.4. The van der Waals surface area contributed by atoms with Gasteiger partial charge in [-0.25, -0.2) is 19.0 Å². The first-order valence-corrected chi connectivity index (χ1v) is 15.6. The van der Waals surface area contributed by atoms with Gasteiger partial charge in [-0.1, -0.05) is 49.9 Å². The highest BCUT2D eigenvalue weighted by Gasteiger charge is 2.33. The molecule has 2 N–H and O–H groups in total. The highest BCUT2D eigenvalue weighted by molar-refractivity contribution is 8.15. The Morgan fingerprint density at radius 1 is 1.07 bits per heavy atom. The van der Waals surface area contributed by atoms with E-state index in [9.17, 15) is 27.5 Å². The van der Waals surface area contributed by atoms with Crippen LogP contribution in [0.3, 0.4) is 0 Å². The zero-order valence-electron chi connectivity index (χ0n) is 25.0. The number of rotatable bonds is 12. The fourth-order valence-electron chi connectivity index (χ4n) is 4.86. The second-order valence-electron chi connectivity index (χ2n) is 10.8. The fraction of sp³-hybridized carbons (Fsp3) is 0.312. The van der Waals surface area contributed by atoms with Crippen LogP contribution >= 0.6 is 11.8 Å². The number of aliphatic hydroxyl groups excluding tert-OH is 1. The van der Waals surface area contributed by atoms with Crippen molar-refractivity contribution in [2.24, 2.45) is 4.99 Å². The van der Waals surface area contributed by atoms with Crippen LogP contribution in [0.25, 0.3) is 17.1 Å². The number of aliphatic hydroxyl groups is 1. The van der Waals surface area contributed by atoms with Gasteiger partial charge in [0.1, 0.15) is 17.9 Å². The van der Waals surface area contributed by atoms with Gasteiger partial charge in [-0.3, -0.25) is 15.0 Å². The minimum atomic E-state index is -4.75. The fourth-order valence-corrected chi connectivity index (χ4v) is 5.75. The van der Waals surface area contributed by atoms with Crippen molar-refractivity contribution in [3.05, 3.63) is 90.0 Å². The number of hydrogen-bond donors (Lipinski definition) is 2. The molecule has 1 aliphatic heterocycles. The summed E-state index contributed by atoms with van der Waals surface area (Å²) in [4.78, 5) is 22.7. The van der Waals surface area contributed by atoms with Crippen molar-refractivity contribution in [3.63, 3.8) is 0 Å². The molecular formula is C32H32F4N6O3S. The second kappa shape index (κ2) is 14.4. The Kier molecular flexibility index (Phi) is 10.4. The lowest BCUT2D eigenvalue weighted by Crippen LogP contribution is -2.34. The molecule has 0 aliphatic carbocycles. The zero-order valence-corrected chi connectivity index (χ0v) is 25.9. The molecule has 1 aromatic heterocycles. The minimum Gasteiger partial charge on any atom is -0.406 e. The van der Waals surface area contributed by atoms with Gasteiger partial charge >= 0.3 is 6.36 Å². The second-order valence-corrected chi connectivity index (χ2v) is 11.8. The number of amidine groups is 1. The third kappa shape index (κ3) is 8.50. The number of nitrogens with one attached hydrogen (secondary N) is 1. The molecule has 1 saturated heterocycles. The molecule has 4 aromatic rings. The molecule has 0 radical (unpaired) electrons. The molecule has 1 unspecified atom stereocenters. The molecule has 14 heteroatoms. The third-order valence-electron chi connectivity index (χ3n) is 7.11. The maximum atomic E-state index is 13.9. The SMILES string of the molecule is CC(C)c1cc(F)ccc1N1C(=O)CSC1=NC(O)NCCCCc1ccc(-c2ncn(-c3ccc(OC(F)(F)F)cc3)n2)cc1. The number of aliphatic imine (C=N–C) groups is 1. The van der Waals surface area contributed by atoms with Gasteiger partial charge in [0, 0.05) is 5.56 Å². The molecule has 242 valence electrons. The van der Waals surface area contributed by atoms with Gasteiger partial charge in [0.2, 0.25) is 12.3 Å². The molecule has 1 atom stereocenters. The molecule has 0 spiro atoms. The van der Waals surface area contributed by atoms with E-state index in [2.05, 4.69) is 25.1 Å². The molecule has 2 heterocycles. The summed E-state index contributed by atoms with van der Waals surface area (Å²) in [6.07, 6.45) is -2.04. The van der Waals surface area contributed by atoms with Crippen molar-refractivity contribution >= 4 is 28.5 Å². The molecule has 0 saturated carbocycles. The van der Waals surface area contributed by atoms with Crippen LogP contribution in [0.1, 0.15) is 43.7 Å². The summed E-state index contributed by atoms with van der Waals surface area (Å²) in [5.74, 6) is -0.209. The summed E-state index contributed by atoms with van der Waals surface area (Å²) in [6, 6.07) is 17.4. The summed E-state index contributed by atoms with van der Waals surface area (Å²) in [5.41, 5.74) is 3.71. The number of alkyl halides is 3. The first kappa shape index (κ1) is 33.1. The molecule has 46 heavy (non-hydrogen) atoms. The van der Waals surface area contributed by atoms with Crippen LogP contribution in [-0.2, 0) is 11.2 Å². The number of ether oxygens (including phenoxy) is 1. The van der Waals surface area contributed by atoms with Crippen LogP contribution in [0.4, 0.5) is 23.2 Å². The predicted octanol–water partition coefficient (Wildman–Crippen LogP) is 6.42. The monoisotopic (exact) mass is 656 g/mol. The normalized spacial score (nSPS) is 15.3. The lowest BCUT2D eigenvalue weighted by atomic mass is 10.0. The van der Waals surface area contributed by atoms with Gasteiger partial charge in [-0.15, -0.1) is 18.3 Å². The minimum absolute atomic E-state index is 0.00983. The Morgan fingerprint density at radius 2 is 1.80 bits per heavy atom. The number of aryl methyl sites for hydroxylation is 1. The van der Waals surface area contributed by atoms with E-state index < -0.39 is 12.7 Å². The molecule has 9 nitrogen and oxygen atoms in total. The van der Waals surface area contributed by atoms with Crippen LogP contribution in [0.15, 0.2) is 78.0 Å². The van der Waals surface area contributed by atoms with Crippen molar-refractivity contribution in [2.75, 3.05) is 17.2 Å². The average Bonchev–Trinajstić information content (AvgIpc) is 3.64. The number of nitrogens with zero attached hydrogens (tertiary/aromatic N) is 5. The number of unbranched alkanes of at least 4 members (excludes halogenated alkanes) is 1. The Hall–Kier alpha value is -4.27. The van der Waals surface area contributed by atoms with E-state index in [1.54, 1.807) is 6.07 Å². The number of amides is 1. The van der Waals surface area contributed by atoms with E-state index >= 15 is 0 Å². The number of carbonyl (C=O) groups is 1. The van der Waals surface area contributed by atoms with E-state index in [-0.39, 0.29) is 29.1 Å². The Labute approximate surface area is 267 Å². The first-order chi connectivity index (χ1) is 22.0. The standard InChI is InChI=1S/C32H32F4N6O3S/c1-20(2)26-17-23(33)10-15-27(26)42-28(43)18-46-31(42)39-30(44)37-16-4-3-5-21-6-8-22(9-7-21)29-38-19-41(40-29)24-11-13-25(14-12-24)45-32(34,35)36/h6-15,17,19-20,30,37,44H,3-5,16,18H2,1-2H3. The number of halogens is 4. The summed E-state index contributed by atoms with van der Waals surface area (Å²) >= 11 is 1.23. The van der Waals surface area contributed by atoms with Crippen molar-refractivity contribution in [2.45, 2.75) is 51.7 Å². The molecule has 1 fully saturated rings. The molecule has 1 amide bonds. The van der Waals surface area contributed by atoms with Gasteiger partial charge in [-0.2, -0.15) is 0 Å². The van der Waals surface area contributed by atoms with E-state index in [1.165, 1.54) is 64.1 Å². The number of carbonyl (C=O) groups excluding carboxylic acids is 1. The Morgan fingerprint density at radius 3 is 2.50 bits per heavy atom. The number of anilines is 1. The van der Waals surface area contributed by atoms with Crippen LogP contribution in [0.2, 0.25) is 0 Å². The summed E-state index contributed by atoms with van der Waals surface area (Å²) in [6.45, 7) is 4.36. The van der Waals surface area contributed by atoms with E-state index in [1.807, 2.05) is 38.1 Å². The van der Waals surface area contributed by atoms with Crippen LogP contribution in [0, 0.1) is 5.82 Å². The van der Waals surface area contributed by atoms with Gasteiger partial charge < -0.3 is 9.84 Å². The van der Waals surface area contributed by atoms with E-state index in [0.717, 1.165) is 30.4 Å². The average molecular weight is 657 g/mol. The van der Waals surface area contributed by atoms with Crippen LogP contribution < -0.4 is 15.0 Å². The lowest BCUT2D eigenvalue weighted by Gasteiger charge is -2.22. The van der Waals surface area contributed by atoms with Crippen molar-refractivity contribution < 1.29 is 32.2 Å². The largest absolute Gasteiger partial charge is 0.573 e. The quantitative estimate of drug-likeness (QED) is 0.103. The third-order valence-corrected chi connectivity index (χ3v) is 8.05. The lowest BCUT2D eigenvalue weighted by molar-refractivity contribution is -0.274. The van der Waals surface area contributed by atoms with Gasteiger partial charge in [0.15, 0.2) is 11.0 Å². The smallest absolute Gasteiger partial charge is 0.406 e. The van der Waals surface area contributed by atoms with Crippen LogP contribution in [-0.4, -0.2) is 56.0 Å². The van der Waals surface area contributed by atoms with Crippen LogP contribution in [0.5, 0.6) is 5.75 Å². The number of benzene rings is 3. The van der Waals surface area contributed by atoms with E-state index in [0.29, 0.717) is 34.5 Å².